The highest BCUT2D eigenvalue weighted by Crippen LogP contribution is 2.30. The van der Waals surface area contributed by atoms with Crippen LogP contribution in [0.3, 0.4) is 0 Å². The number of likely N-dealkylation sites (tertiary alicyclic amines) is 1. The number of hydrogen-bond acceptors (Lipinski definition) is 6. The molecule has 10 nitrogen and oxygen atoms in total. The summed E-state index contributed by atoms with van der Waals surface area (Å²) in [6, 6.07) is 5.38. The summed E-state index contributed by atoms with van der Waals surface area (Å²) < 4.78 is 50.0. The number of halogens is 3. The molecule has 1 unspecified atom stereocenters. The van der Waals surface area contributed by atoms with E-state index in [1.54, 1.807) is 42.7 Å². The van der Waals surface area contributed by atoms with Gasteiger partial charge in [-0.1, -0.05) is 6.07 Å². The Morgan fingerprint density at radius 1 is 1.14 bits per heavy atom. The van der Waals surface area contributed by atoms with Gasteiger partial charge in [-0.15, -0.1) is 0 Å². The smallest absolute Gasteiger partial charge is 0.473 e. The molecule has 3 rings (SSSR count). The van der Waals surface area contributed by atoms with Gasteiger partial charge in [0.1, 0.15) is 24.6 Å². The van der Waals surface area contributed by atoms with Crippen LogP contribution >= 0.6 is 0 Å². The summed E-state index contributed by atoms with van der Waals surface area (Å²) >= 11 is 0. The first-order chi connectivity index (χ1) is 16.9. The van der Waals surface area contributed by atoms with Gasteiger partial charge in [-0.05, 0) is 56.4 Å². The monoisotopic (exact) mass is 515 g/mol. The average molecular weight is 516 g/mol. The predicted octanol–water partition coefficient (Wildman–Crippen LogP) is 2.56. The highest BCUT2D eigenvalue weighted by molar-refractivity contribution is 5.96. The van der Waals surface area contributed by atoms with Crippen molar-refractivity contribution in [2.45, 2.75) is 52.1 Å². The lowest BCUT2D eigenvalue weighted by molar-refractivity contribution is -0.169. The molecule has 1 aromatic carbocycles. The zero-order chi connectivity index (χ0) is 26.5. The fourth-order valence-corrected chi connectivity index (χ4v) is 4.03. The zero-order valence-corrected chi connectivity index (χ0v) is 20.6. The second-order valence-corrected chi connectivity index (χ2v) is 9.70. The SMILES string of the molecule is CC(C)(C)OC(=O)NCC1CCN(C(=NC(=O)C(F)(F)F)N2Cc3ccc(OCCON)cc3C2)C1. The number of alkyl halides is 3. The van der Waals surface area contributed by atoms with Crippen LogP contribution in [-0.4, -0.2) is 72.4 Å². The number of amides is 2. The maximum absolute atomic E-state index is 13.1. The van der Waals surface area contributed by atoms with Crippen LogP contribution in [-0.2, 0) is 27.5 Å². The quantitative estimate of drug-likeness (QED) is 0.257. The van der Waals surface area contributed by atoms with Crippen molar-refractivity contribution in [3.63, 3.8) is 0 Å². The third-order valence-electron chi connectivity index (χ3n) is 5.60. The van der Waals surface area contributed by atoms with Gasteiger partial charge in [-0.3, -0.25) is 4.79 Å². The van der Waals surface area contributed by atoms with Crippen molar-refractivity contribution in [1.29, 1.82) is 0 Å². The number of ether oxygens (including phenoxy) is 2. The number of rotatable bonds is 6. The van der Waals surface area contributed by atoms with Gasteiger partial charge < -0.3 is 29.4 Å². The first-order valence-electron chi connectivity index (χ1n) is 11.6. The first kappa shape index (κ1) is 27.5. The summed E-state index contributed by atoms with van der Waals surface area (Å²) in [7, 11) is 0. The van der Waals surface area contributed by atoms with Gasteiger partial charge in [0.15, 0.2) is 0 Å². The van der Waals surface area contributed by atoms with Crippen molar-refractivity contribution >= 4 is 18.0 Å². The average Bonchev–Trinajstić information content (AvgIpc) is 3.41. The highest BCUT2D eigenvalue weighted by Gasteiger charge is 2.41. The molecule has 0 aromatic heterocycles. The van der Waals surface area contributed by atoms with Gasteiger partial charge in [-0.2, -0.15) is 18.2 Å². The molecule has 1 atom stereocenters. The fraction of sp³-hybridized carbons (Fsp3) is 0.609. The lowest BCUT2D eigenvalue weighted by Gasteiger charge is -2.29. The van der Waals surface area contributed by atoms with Crippen LogP contribution in [0.2, 0.25) is 0 Å². The Balaban J connectivity index is 1.70. The van der Waals surface area contributed by atoms with Crippen LogP contribution in [0.15, 0.2) is 23.2 Å². The Morgan fingerprint density at radius 2 is 1.86 bits per heavy atom. The van der Waals surface area contributed by atoms with Gasteiger partial charge in [0.25, 0.3) is 0 Å². The van der Waals surface area contributed by atoms with E-state index in [0.717, 1.165) is 11.1 Å². The minimum atomic E-state index is -5.08. The highest BCUT2D eigenvalue weighted by atomic mass is 19.4. The van der Waals surface area contributed by atoms with Crippen LogP contribution in [0.25, 0.3) is 0 Å². The number of carbonyl (C=O) groups excluding carboxylic acids is 2. The Hall–Kier alpha value is -3.06. The lowest BCUT2D eigenvalue weighted by atomic mass is 10.1. The summed E-state index contributed by atoms with van der Waals surface area (Å²) in [6.07, 6.45) is -5.04. The summed E-state index contributed by atoms with van der Waals surface area (Å²) in [5, 5.41) is 2.70. The molecule has 2 aliphatic rings. The molecule has 0 saturated carbocycles. The summed E-state index contributed by atoms with van der Waals surface area (Å²) in [5.74, 6) is 3.33. The molecule has 3 N–H and O–H groups in total. The molecule has 0 spiro atoms. The first-order valence-corrected chi connectivity index (χ1v) is 11.6. The Kier molecular flexibility index (Phi) is 8.67. The Bertz CT molecular complexity index is 980. The summed E-state index contributed by atoms with van der Waals surface area (Å²) in [4.78, 5) is 35.0. The van der Waals surface area contributed by atoms with E-state index < -0.39 is 23.8 Å². The van der Waals surface area contributed by atoms with E-state index in [9.17, 15) is 22.8 Å². The largest absolute Gasteiger partial charge is 0.491 e. The number of guanidine groups is 1. The predicted molar refractivity (Wildman–Crippen MR) is 124 cm³/mol. The van der Waals surface area contributed by atoms with Crippen molar-refractivity contribution in [2.24, 2.45) is 16.8 Å². The minimum Gasteiger partial charge on any atom is -0.491 e. The second kappa shape index (κ2) is 11.3. The van der Waals surface area contributed by atoms with E-state index >= 15 is 0 Å². The second-order valence-electron chi connectivity index (χ2n) is 9.70. The number of benzene rings is 1. The fourth-order valence-electron chi connectivity index (χ4n) is 4.03. The van der Waals surface area contributed by atoms with Crippen molar-refractivity contribution < 1.29 is 37.1 Å². The van der Waals surface area contributed by atoms with Gasteiger partial charge in [0, 0.05) is 32.7 Å². The van der Waals surface area contributed by atoms with Crippen LogP contribution in [0.5, 0.6) is 5.75 Å². The molecule has 13 heteroatoms. The van der Waals surface area contributed by atoms with E-state index in [1.165, 1.54) is 0 Å². The Labute approximate surface area is 207 Å². The third-order valence-corrected chi connectivity index (χ3v) is 5.60. The molecule has 1 saturated heterocycles. The molecule has 2 heterocycles. The number of aliphatic imine (C=N–C) groups is 1. The number of hydrogen-bond donors (Lipinski definition) is 2. The summed E-state index contributed by atoms with van der Waals surface area (Å²) in [5.41, 5.74) is 1.11. The van der Waals surface area contributed by atoms with Gasteiger partial charge in [0.2, 0.25) is 5.96 Å². The molecule has 36 heavy (non-hydrogen) atoms. The molecule has 200 valence electrons. The number of nitrogens with one attached hydrogen (secondary N) is 1. The number of fused-ring (bicyclic) bond motifs is 1. The van der Waals surface area contributed by atoms with E-state index in [1.807, 2.05) is 6.07 Å². The molecule has 1 fully saturated rings. The molecule has 0 aliphatic carbocycles. The Morgan fingerprint density at radius 3 is 2.53 bits per heavy atom. The van der Waals surface area contributed by atoms with Crippen molar-refractivity contribution in [2.75, 3.05) is 32.8 Å². The molecular weight excluding hydrogens is 483 g/mol. The van der Waals surface area contributed by atoms with Crippen molar-refractivity contribution in [1.82, 2.24) is 15.1 Å². The molecule has 2 aliphatic heterocycles. The lowest BCUT2D eigenvalue weighted by Crippen LogP contribution is -2.43. The number of nitrogens with zero attached hydrogens (tertiary/aromatic N) is 3. The molecule has 1 aromatic rings. The third kappa shape index (κ3) is 7.72. The van der Waals surface area contributed by atoms with Gasteiger partial charge >= 0.3 is 18.2 Å². The normalized spacial score (nSPS) is 18.3. The molecule has 0 bridgehead atoms. The van der Waals surface area contributed by atoms with Crippen LogP contribution in [0.4, 0.5) is 18.0 Å². The van der Waals surface area contributed by atoms with Gasteiger partial charge in [0.05, 0.1) is 0 Å². The zero-order valence-electron chi connectivity index (χ0n) is 20.6. The number of carbonyl (C=O) groups is 2. The topological polar surface area (TPSA) is 119 Å². The van der Waals surface area contributed by atoms with E-state index in [4.69, 9.17) is 15.4 Å². The summed E-state index contributed by atoms with van der Waals surface area (Å²) in [6.45, 7) is 7.29. The van der Waals surface area contributed by atoms with Crippen LogP contribution in [0, 0.1) is 5.92 Å². The van der Waals surface area contributed by atoms with E-state index in [2.05, 4.69) is 15.1 Å². The molecule has 0 radical (unpaired) electrons. The van der Waals surface area contributed by atoms with Crippen LogP contribution < -0.4 is 16.0 Å². The molecule has 2 amide bonds. The minimum absolute atomic E-state index is 0.0349. The van der Waals surface area contributed by atoms with Gasteiger partial charge in [-0.25, -0.2) is 10.7 Å². The van der Waals surface area contributed by atoms with Crippen LogP contribution in [0.1, 0.15) is 38.3 Å². The molecular formula is C23H32F3N5O5. The maximum atomic E-state index is 13.1. The van der Waals surface area contributed by atoms with E-state index in [0.29, 0.717) is 38.3 Å². The number of nitrogens with two attached hydrogens (primary N) is 1. The maximum Gasteiger partial charge on any atom is 0.473 e. The standard InChI is InChI=1S/C23H32F3N5O5/c1-22(2,3)36-21(33)28-11-15-6-7-30(12-15)20(29-19(32)23(24,25)26)31-13-16-4-5-18(10-17(16)14-31)34-8-9-35-27/h4-5,10,15H,6-9,11-14,27H2,1-3H3,(H,28,33). The van der Waals surface area contributed by atoms with Crippen molar-refractivity contribution in [3.05, 3.63) is 29.3 Å². The number of alkyl carbamates (subject to hydrolysis) is 1. The van der Waals surface area contributed by atoms with Crippen molar-refractivity contribution in [3.8, 4) is 5.75 Å². The van der Waals surface area contributed by atoms with E-state index in [-0.39, 0.29) is 31.6 Å².